The molecule has 2 aromatic carbocycles. The minimum absolute atomic E-state index is 0.0188. The van der Waals surface area contributed by atoms with Crippen LogP contribution in [0.25, 0.3) is 0 Å². The average molecular weight is 426 g/mol. The molecule has 2 heterocycles. The number of aryl methyl sites for hydroxylation is 1. The Morgan fingerprint density at radius 1 is 1.17 bits per heavy atom. The largest absolute Gasteiger partial charge is 0.454 e. The van der Waals surface area contributed by atoms with Gasteiger partial charge in [-0.25, -0.2) is 0 Å². The fourth-order valence-corrected chi connectivity index (χ4v) is 4.46. The molecule has 0 radical (unpaired) electrons. The van der Waals surface area contributed by atoms with Gasteiger partial charge in [0, 0.05) is 24.4 Å². The second-order valence-corrected chi connectivity index (χ2v) is 8.34. The number of carbonyl (C=O) groups excluding carboxylic acids is 3. The van der Waals surface area contributed by atoms with Crippen molar-refractivity contribution in [3.8, 4) is 11.5 Å². The van der Waals surface area contributed by atoms with E-state index in [1.54, 1.807) is 0 Å². The van der Waals surface area contributed by atoms with Crippen molar-refractivity contribution in [1.29, 1.82) is 0 Å². The van der Waals surface area contributed by atoms with Crippen molar-refractivity contribution >= 4 is 34.4 Å². The second-order valence-electron chi connectivity index (χ2n) is 7.26. The van der Waals surface area contributed by atoms with Crippen LogP contribution in [-0.2, 0) is 20.9 Å². The maximum Gasteiger partial charge on any atom is 0.240 e. The summed E-state index contributed by atoms with van der Waals surface area (Å²) >= 11 is 1.18. The Kier molecular flexibility index (Phi) is 5.94. The molecule has 1 N–H and O–H groups in total. The molecule has 8 heteroatoms. The van der Waals surface area contributed by atoms with Crippen molar-refractivity contribution in [1.82, 2.24) is 5.32 Å². The molecule has 0 unspecified atom stereocenters. The van der Waals surface area contributed by atoms with E-state index >= 15 is 0 Å². The van der Waals surface area contributed by atoms with Gasteiger partial charge in [-0.2, -0.15) is 0 Å². The molecule has 2 aromatic rings. The van der Waals surface area contributed by atoms with Gasteiger partial charge in [0.05, 0.1) is 5.92 Å². The van der Waals surface area contributed by atoms with Gasteiger partial charge in [0.25, 0.3) is 0 Å². The van der Waals surface area contributed by atoms with Gasteiger partial charge in [-0.1, -0.05) is 36.0 Å². The van der Waals surface area contributed by atoms with Crippen molar-refractivity contribution in [2.24, 2.45) is 5.92 Å². The predicted octanol–water partition coefficient (Wildman–Crippen LogP) is 2.65. The molecule has 2 aliphatic heterocycles. The third kappa shape index (κ3) is 4.43. The zero-order valence-electron chi connectivity index (χ0n) is 16.6. The molecular formula is C22H22N2O5S. The zero-order chi connectivity index (χ0) is 21.1. The van der Waals surface area contributed by atoms with E-state index in [4.69, 9.17) is 9.47 Å². The summed E-state index contributed by atoms with van der Waals surface area (Å²) in [4.78, 5) is 39.0. The Morgan fingerprint density at radius 3 is 2.73 bits per heavy atom. The molecule has 2 aliphatic rings. The van der Waals surface area contributed by atoms with Crippen LogP contribution in [-0.4, -0.2) is 36.0 Å². The van der Waals surface area contributed by atoms with Crippen LogP contribution in [0.15, 0.2) is 42.5 Å². The second kappa shape index (κ2) is 8.79. The maximum absolute atomic E-state index is 13.1. The molecule has 0 aliphatic carbocycles. The number of nitrogens with zero attached hydrogens (tertiary/aromatic N) is 1. The number of thioether (sulfide) groups is 1. The number of nitrogens with one attached hydrogen (secondary N) is 1. The molecule has 0 saturated carbocycles. The van der Waals surface area contributed by atoms with Crippen LogP contribution in [0.2, 0.25) is 0 Å². The van der Waals surface area contributed by atoms with Crippen molar-refractivity contribution in [3.63, 3.8) is 0 Å². The van der Waals surface area contributed by atoms with Gasteiger partial charge in [-0.15, -0.1) is 0 Å². The highest BCUT2D eigenvalue weighted by Crippen LogP contribution is 2.32. The lowest BCUT2D eigenvalue weighted by molar-refractivity contribution is -0.126. The maximum atomic E-state index is 13.1. The smallest absolute Gasteiger partial charge is 0.240 e. The van der Waals surface area contributed by atoms with Crippen molar-refractivity contribution in [2.45, 2.75) is 19.9 Å². The zero-order valence-corrected chi connectivity index (χ0v) is 17.4. The first-order chi connectivity index (χ1) is 14.5. The molecule has 2 amide bonds. The normalized spacial score (nSPS) is 17.1. The monoisotopic (exact) mass is 426 g/mol. The molecule has 4 rings (SSSR count). The highest BCUT2D eigenvalue weighted by Gasteiger charge is 2.34. The topological polar surface area (TPSA) is 84.9 Å². The van der Waals surface area contributed by atoms with Gasteiger partial charge in [0.15, 0.2) is 16.6 Å². The number of hydrogen-bond acceptors (Lipinski definition) is 6. The summed E-state index contributed by atoms with van der Waals surface area (Å²) in [5.74, 6) is 0.928. The number of carbonyl (C=O) groups is 3. The average Bonchev–Trinajstić information content (AvgIpc) is 3.39. The summed E-state index contributed by atoms with van der Waals surface area (Å²) in [6, 6.07) is 12.9. The van der Waals surface area contributed by atoms with E-state index in [0.29, 0.717) is 29.5 Å². The van der Waals surface area contributed by atoms with Crippen LogP contribution in [0, 0.1) is 12.8 Å². The number of hydrogen-bond donors (Lipinski definition) is 1. The molecule has 156 valence electrons. The molecule has 1 saturated heterocycles. The van der Waals surface area contributed by atoms with Crippen molar-refractivity contribution < 1.29 is 23.9 Å². The van der Waals surface area contributed by atoms with Gasteiger partial charge in [-0.05, 0) is 36.2 Å². The number of amides is 2. The lowest BCUT2D eigenvalue weighted by atomic mass is 10.1. The van der Waals surface area contributed by atoms with E-state index in [1.165, 1.54) is 16.7 Å². The van der Waals surface area contributed by atoms with E-state index in [2.05, 4.69) is 5.32 Å². The fraction of sp³-hybridized carbons (Fsp3) is 0.318. The molecule has 7 nitrogen and oxygen atoms in total. The van der Waals surface area contributed by atoms with Crippen LogP contribution in [0.4, 0.5) is 5.69 Å². The van der Waals surface area contributed by atoms with Crippen molar-refractivity contribution in [3.05, 3.63) is 53.6 Å². The first-order valence-electron chi connectivity index (χ1n) is 9.69. The van der Waals surface area contributed by atoms with Gasteiger partial charge in [-0.3, -0.25) is 14.4 Å². The van der Waals surface area contributed by atoms with Crippen LogP contribution >= 0.6 is 11.8 Å². The highest BCUT2D eigenvalue weighted by atomic mass is 32.2. The first kappa shape index (κ1) is 20.3. The predicted molar refractivity (Wildman–Crippen MR) is 114 cm³/mol. The van der Waals surface area contributed by atoms with Crippen LogP contribution < -0.4 is 19.7 Å². The molecule has 0 bridgehead atoms. The molecule has 30 heavy (non-hydrogen) atoms. The molecule has 0 spiro atoms. The van der Waals surface area contributed by atoms with E-state index < -0.39 is 5.92 Å². The Hall–Kier alpha value is -3.00. The van der Waals surface area contributed by atoms with Crippen molar-refractivity contribution in [2.75, 3.05) is 24.0 Å². The van der Waals surface area contributed by atoms with Crippen LogP contribution in [0.3, 0.4) is 0 Å². The molecule has 1 atom stereocenters. The molecule has 1 fully saturated rings. The first-order valence-corrected chi connectivity index (χ1v) is 10.7. The van der Waals surface area contributed by atoms with Gasteiger partial charge >= 0.3 is 0 Å². The summed E-state index contributed by atoms with van der Waals surface area (Å²) in [7, 11) is 0. The van der Waals surface area contributed by atoms with Crippen LogP contribution in [0.1, 0.15) is 17.5 Å². The standard InChI is InChI=1S/C22H22N2O5S/c1-14-4-2-3-5-17(14)24(22(27)16-9-21(26)30-12-16)11-20(25)23-10-15-6-7-18-19(8-15)29-13-28-18/h2-8,16H,9-13H2,1H3,(H,23,25)/t16-/m0/s1. The SMILES string of the molecule is Cc1ccccc1N(CC(=O)NCc1ccc2c(c1)OCO2)C(=O)[C@@H]1CSC(=O)C1. The van der Waals surface area contributed by atoms with E-state index in [1.807, 2.05) is 49.4 Å². The number of anilines is 1. The minimum Gasteiger partial charge on any atom is -0.454 e. The molecule has 0 aromatic heterocycles. The van der Waals surface area contributed by atoms with Gasteiger partial charge in [0.2, 0.25) is 18.6 Å². The Labute approximate surface area is 178 Å². The van der Waals surface area contributed by atoms with Gasteiger partial charge in [0.1, 0.15) is 6.54 Å². The Balaban J connectivity index is 1.45. The summed E-state index contributed by atoms with van der Waals surface area (Å²) in [6.07, 6.45) is 0.213. The summed E-state index contributed by atoms with van der Waals surface area (Å²) < 4.78 is 10.7. The number of ether oxygens (including phenoxy) is 2. The lowest BCUT2D eigenvalue weighted by Gasteiger charge is -2.26. The number of benzene rings is 2. The van der Waals surface area contributed by atoms with E-state index in [9.17, 15) is 14.4 Å². The number of rotatable bonds is 6. The van der Waals surface area contributed by atoms with Gasteiger partial charge < -0.3 is 19.7 Å². The Bertz CT molecular complexity index is 993. The summed E-state index contributed by atoms with van der Waals surface area (Å²) in [5.41, 5.74) is 2.45. The minimum atomic E-state index is -0.399. The Morgan fingerprint density at radius 2 is 1.97 bits per heavy atom. The highest BCUT2D eigenvalue weighted by molar-refractivity contribution is 8.14. The quantitative estimate of drug-likeness (QED) is 0.765. The molecular weight excluding hydrogens is 404 g/mol. The lowest BCUT2D eigenvalue weighted by Crippen LogP contribution is -2.43. The third-order valence-corrected chi connectivity index (χ3v) is 6.17. The number of fused-ring (bicyclic) bond motifs is 1. The fourth-order valence-electron chi connectivity index (χ4n) is 3.49. The number of para-hydroxylation sites is 1. The summed E-state index contributed by atoms with van der Waals surface area (Å²) in [5, 5.41) is 2.88. The third-order valence-electron chi connectivity index (χ3n) is 5.11. The van der Waals surface area contributed by atoms with Crippen LogP contribution in [0.5, 0.6) is 11.5 Å². The van der Waals surface area contributed by atoms with E-state index in [-0.39, 0.29) is 36.7 Å². The van der Waals surface area contributed by atoms with E-state index in [0.717, 1.165) is 11.1 Å². The summed E-state index contributed by atoms with van der Waals surface area (Å²) in [6.45, 7) is 2.29.